The van der Waals surface area contributed by atoms with Crippen LogP contribution >= 0.6 is 0 Å². The van der Waals surface area contributed by atoms with E-state index < -0.39 is 88.3 Å². The van der Waals surface area contributed by atoms with Crippen LogP contribution in [0.5, 0.6) is 5.88 Å². The van der Waals surface area contributed by atoms with Crippen molar-refractivity contribution >= 4 is 28.4 Å². The van der Waals surface area contributed by atoms with Gasteiger partial charge in [0.1, 0.15) is 28.2 Å². The number of β-amino-alcohol motifs (C(OH)–C–C–N with tert-alkyl or cyclic N) is 1. The van der Waals surface area contributed by atoms with Gasteiger partial charge in [0.15, 0.2) is 11.4 Å². The van der Waals surface area contributed by atoms with Gasteiger partial charge >= 0.3 is 12.4 Å². The summed E-state index contributed by atoms with van der Waals surface area (Å²) >= 11 is 0. The molecule has 9 nitrogen and oxygen atoms in total. The molecule has 1 saturated heterocycles. The van der Waals surface area contributed by atoms with Crippen LogP contribution in [0.15, 0.2) is 6.07 Å². The van der Waals surface area contributed by atoms with Crippen LogP contribution in [0, 0.1) is 18.6 Å². The van der Waals surface area contributed by atoms with Gasteiger partial charge in [-0.15, -0.1) is 0 Å². The van der Waals surface area contributed by atoms with Crippen LogP contribution in [-0.4, -0.2) is 70.7 Å². The van der Waals surface area contributed by atoms with E-state index in [2.05, 4.69) is 25.6 Å². The van der Waals surface area contributed by atoms with Crippen LogP contribution in [0.25, 0.3) is 22.2 Å². The minimum absolute atomic E-state index is 0.104. The summed E-state index contributed by atoms with van der Waals surface area (Å²) in [6, 6.07) is 0.605. The summed E-state index contributed by atoms with van der Waals surface area (Å²) in [5, 5.41) is 15.8. The first-order chi connectivity index (χ1) is 19.5. The molecule has 1 unspecified atom stereocenters. The van der Waals surface area contributed by atoms with Crippen LogP contribution in [0.4, 0.5) is 52.6 Å². The molecule has 17 heteroatoms. The number of ether oxygens (including phenoxy) is 1. The molecule has 3 aromatic rings. The fourth-order valence-electron chi connectivity index (χ4n) is 4.89. The molecule has 0 amide bonds. The van der Waals surface area contributed by atoms with E-state index in [0.717, 1.165) is 11.8 Å². The number of alkyl halides is 6. The molecule has 0 spiro atoms. The van der Waals surface area contributed by atoms with E-state index in [4.69, 9.17) is 10.5 Å². The monoisotopic (exact) mass is 607 g/mol. The Morgan fingerprint density at radius 3 is 2.38 bits per heavy atom. The molecule has 1 aromatic carbocycles. The summed E-state index contributed by atoms with van der Waals surface area (Å²) in [6.45, 7) is 1.65. The molecule has 42 heavy (non-hydrogen) atoms. The molecule has 1 atom stereocenters. The smallest absolute Gasteiger partial charge is 0.420 e. The average molecular weight is 608 g/mol. The Balaban J connectivity index is 1.79. The number of nitrogens with zero attached hydrogens (tertiary/aromatic N) is 4. The number of aliphatic hydroxyl groups is 1. The van der Waals surface area contributed by atoms with E-state index in [1.165, 1.54) is 0 Å². The highest BCUT2D eigenvalue weighted by Crippen LogP contribution is 2.45. The van der Waals surface area contributed by atoms with Crippen molar-refractivity contribution < 1.29 is 45.0 Å². The highest BCUT2D eigenvalue weighted by atomic mass is 19.4. The number of benzene rings is 1. The van der Waals surface area contributed by atoms with E-state index in [0.29, 0.717) is 25.6 Å². The number of aromatic nitrogens is 3. The van der Waals surface area contributed by atoms with Crippen LogP contribution in [0.2, 0.25) is 0 Å². The molecule has 5 N–H and O–H groups in total. The second-order valence-corrected chi connectivity index (χ2v) is 10.3. The number of rotatable bonds is 2. The van der Waals surface area contributed by atoms with Gasteiger partial charge in [0.2, 0.25) is 11.8 Å². The minimum atomic E-state index is -5.15. The van der Waals surface area contributed by atoms with Crippen LogP contribution in [0.3, 0.4) is 0 Å². The zero-order chi connectivity index (χ0) is 30.8. The third-order valence-electron chi connectivity index (χ3n) is 7.16. The lowest BCUT2D eigenvalue weighted by atomic mass is 9.94. The van der Waals surface area contributed by atoms with E-state index in [1.807, 2.05) is 0 Å². The molecule has 1 fully saturated rings. The second-order valence-electron chi connectivity index (χ2n) is 10.3. The van der Waals surface area contributed by atoms with Crippen molar-refractivity contribution in [2.75, 3.05) is 48.7 Å². The van der Waals surface area contributed by atoms with Gasteiger partial charge < -0.3 is 31.1 Å². The van der Waals surface area contributed by atoms with E-state index in [-0.39, 0.29) is 23.6 Å². The Morgan fingerprint density at radius 1 is 1.05 bits per heavy atom. The molecule has 2 aliphatic rings. The standard InChI is InChI=1S/C25H25F8N7O2/c1-10-3-4-35-5-6-36-20-14-19(38-22(39-20)40-8-23(41,9-40)25(31,32)33)17(27)18(37-21(14)42-10)12-7-13(34)16(26)11(2)15(12)24(28,29)30/h7,10,35,41H,3-6,8-9,34H2,1-2H3,(H,36,38,39). The maximum Gasteiger partial charge on any atom is 0.420 e. The second kappa shape index (κ2) is 10.2. The number of pyridine rings is 1. The number of hydrogen-bond acceptors (Lipinski definition) is 9. The number of halogens is 8. The van der Waals surface area contributed by atoms with Crippen LogP contribution < -0.4 is 26.0 Å². The highest BCUT2D eigenvalue weighted by molar-refractivity contribution is 5.97. The number of nitrogens with two attached hydrogens (primary N) is 1. The SMILES string of the molecule is Cc1c(F)c(N)cc(-c2nc3c4c(nc(N5CC(O)(C(F)(F)F)C5)nc4c2F)NCCNCCC(C)O3)c1C(F)(F)F. The Labute approximate surface area is 233 Å². The molecule has 0 aliphatic carbocycles. The van der Waals surface area contributed by atoms with Crippen LogP contribution in [-0.2, 0) is 6.18 Å². The number of anilines is 3. The Morgan fingerprint density at radius 2 is 1.74 bits per heavy atom. The molecule has 5 rings (SSSR count). The summed E-state index contributed by atoms with van der Waals surface area (Å²) in [7, 11) is 0. The topological polar surface area (TPSA) is 121 Å². The molecule has 4 heterocycles. The predicted molar refractivity (Wildman–Crippen MR) is 136 cm³/mol. The lowest BCUT2D eigenvalue weighted by Gasteiger charge is -2.46. The Bertz CT molecular complexity index is 1540. The van der Waals surface area contributed by atoms with Crippen molar-refractivity contribution in [3.05, 3.63) is 28.8 Å². The summed E-state index contributed by atoms with van der Waals surface area (Å²) in [4.78, 5) is 13.3. The quantitative estimate of drug-likeness (QED) is 0.251. The molecule has 0 saturated carbocycles. The number of nitrogens with one attached hydrogen (secondary N) is 2. The zero-order valence-corrected chi connectivity index (χ0v) is 22.1. The van der Waals surface area contributed by atoms with Gasteiger partial charge in [-0.05, 0) is 38.4 Å². The molecule has 228 valence electrons. The van der Waals surface area contributed by atoms with E-state index in [9.17, 15) is 35.8 Å². The number of nitrogen functional groups attached to an aromatic ring is 1. The zero-order valence-electron chi connectivity index (χ0n) is 22.1. The largest absolute Gasteiger partial charge is 0.474 e. The van der Waals surface area contributed by atoms with Gasteiger partial charge in [-0.1, -0.05) is 0 Å². The average Bonchev–Trinajstić information content (AvgIpc) is 2.89. The number of hydrogen-bond donors (Lipinski definition) is 4. The minimum Gasteiger partial charge on any atom is -0.474 e. The summed E-state index contributed by atoms with van der Waals surface area (Å²) < 4.78 is 119. The van der Waals surface area contributed by atoms with E-state index >= 15 is 4.39 Å². The molecular weight excluding hydrogens is 582 g/mol. The van der Waals surface area contributed by atoms with Gasteiger partial charge in [-0.2, -0.15) is 31.3 Å². The lowest BCUT2D eigenvalue weighted by molar-refractivity contribution is -0.267. The third kappa shape index (κ3) is 5.08. The summed E-state index contributed by atoms with van der Waals surface area (Å²) in [6.07, 6.45) is -10.3. The fraction of sp³-hybridized carbons (Fsp3) is 0.480. The first-order valence-electron chi connectivity index (χ1n) is 12.7. The Hall–Kier alpha value is -3.73. The van der Waals surface area contributed by atoms with Gasteiger partial charge in [-0.3, -0.25) is 0 Å². The van der Waals surface area contributed by atoms with Crippen molar-refractivity contribution in [3.8, 4) is 17.1 Å². The Kier molecular flexibility index (Phi) is 7.24. The normalized spacial score (nSPS) is 19.5. The van der Waals surface area contributed by atoms with Crippen molar-refractivity contribution in [1.29, 1.82) is 0 Å². The maximum absolute atomic E-state index is 16.3. The molecule has 0 radical (unpaired) electrons. The van der Waals surface area contributed by atoms with Crippen molar-refractivity contribution in [1.82, 2.24) is 20.3 Å². The summed E-state index contributed by atoms with van der Waals surface area (Å²) in [5.41, 5.74) is -2.94. The lowest BCUT2D eigenvalue weighted by Crippen LogP contribution is -2.69. The third-order valence-corrected chi connectivity index (χ3v) is 7.16. The van der Waals surface area contributed by atoms with Crippen molar-refractivity contribution in [3.63, 3.8) is 0 Å². The van der Waals surface area contributed by atoms with Gasteiger partial charge in [0.25, 0.3) is 0 Å². The molecule has 2 aliphatic heterocycles. The molecule has 0 bridgehead atoms. The molecular formula is C25H25F8N7O2. The van der Waals surface area contributed by atoms with Gasteiger partial charge in [0.05, 0.1) is 30.4 Å². The van der Waals surface area contributed by atoms with Crippen LogP contribution in [0.1, 0.15) is 24.5 Å². The van der Waals surface area contributed by atoms with Gasteiger partial charge in [-0.25, -0.2) is 18.7 Å². The first kappa shape index (κ1) is 29.8. The maximum atomic E-state index is 16.3. The fourth-order valence-corrected chi connectivity index (χ4v) is 4.89. The van der Waals surface area contributed by atoms with Crippen molar-refractivity contribution in [2.45, 2.75) is 44.3 Å². The van der Waals surface area contributed by atoms with Crippen molar-refractivity contribution in [2.24, 2.45) is 0 Å². The predicted octanol–water partition coefficient (Wildman–Crippen LogP) is 4.17. The van der Waals surface area contributed by atoms with Gasteiger partial charge in [0, 0.05) is 18.7 Å². The van der Waals surface area contributed by atoms with E-state index in [1.54, 1.807) is 6.92 Å². The highest BCUT2D eigenvalue weighted by Gasteiger charge is 2.61. The molecule has 2 aromatic heterocycles. The summed E-state index contributed by atoms with van der Waals surface area (Å²) in [5.74, 6) is -3.62. The first-order valence-corrected chi connectivity index (χ1v) is 12.7.